The molecule has 2 aromatic rings. The third kappa shape index (κ3) is 10.1. The summed E-state index contributed by atoms with van der Waals surface area (Å²) in [6, 6.07) is 22.3. The fourth-order valence-electron chi connectivity index (χ4n) is 2.93. The van der Waals surface area contributed by atoms with Crippen molar-refractivity contribution >= 4 is 14.2 Å². The van der Waals surface area contributed by atoms with Crippen LogP contribution in [0, 0.1) is 6.92 Å². The van der Waals surface area contributed by atoms with E-state index in [1.54, 1.807) is 0 Å². The number of hydrogen-bond donors (Lipinski definition) is 1. The van der Waals surface area contributed by atoms with Crippen LogP contribution in [0.4, 0.5) is 0 Å². The van der Waals surface area contributed by atoms with Gasteiger partial charge in [0, 0.05) is 12.8 Å². The molecule has 1 N–H and O–H groups in total. The van der Waals surface area contributed by atoms with Gasteiger partial charge in [0.2, 0.25) is 5.84 Å². The number of rotatable bonds is 0. The van der Waals surface area contributed by atoms with Crippen LogP contribution < -0.4 is 5.32 Å². The minimum atomic E-state index is 0. The van der Waals surface area contributed by atoms with Gasteiger partial charge in [0.15, 0.2) is 0 Å². The molecule has 0 bridgehead atoms. The second-order valence-electron chi connectivity index (χ2n) is 6.33. The Morgan fingerprint density at radius 2 is 1.27 bits per heavy atom. The summed E-state index contributed by atoms with van der Waals surface area (Å²) in [4.78, 5) is 0. The molecule has 0 amide bonds. The molecule has 2 aliphatic rings. The topological polar surface area (TPSA) is 15.0 Å². The monoisotopic (exact) mass is 350 g/mol. The maximum absolute atomic E-state index is 3.50. The maximum atomic E-state index is 3.50. The zero-order valence-electron chi connectivity index (χ0n) is 15.5. The highest BCUT2D eigenvalue weighted by Gasteiger charge is 2.19. The van der Waals surface area contributed by atoms with Crippen LogP contribution in [0.5, 0.6) is 0 Å². The summed E-state index contributed by atoms with van der Waals surface area (Å²) in [6.45, 7) is 5.87. The standard InChI is InChI=1S/C9H16N2.C7H8.C6H6.CH4.B/c1-2-5-9-10-6-4-8-11(9)7-3-1;1-7-5-3-2-4-6-7;1-2-4-6-5-3-1;;/h1-8H2;2-6H,1H3;1-6H;1H4;/q;;;;-1/p+1. The highest BCUT2D eigenvalue weighted by Crippen LogP contribution is 2.08. The van der Waals surface area contributed by atoms with E-state index in [0.29, 0.717) is 0 Å². The Morgan fingerprint density at radius 1 is 0.731 bits per heavy atom. The quantitative estimate of drug-likeness (QED) is 0.527. The molecule has 4 rings (SSSR count). The van der Waals surface area contributed by atoms with Crippen LogP contribution in [0.1, 0.15) is 45.1 Å². The van der Waals surface area contributed by atoms with E-state index in [-0.39, 0.29) is 15.8 Å². The van der Waals surface area contributed by atoms with Gasteiger partial charge in [0.05, 0.1) is 19.6 Å². The Kier molecular flexibility index (Phi) is 14.1. The van der Waals surface area contributed by atoms with E-state index in [4.69, 9.17) is 0 Å². The molecule has 0 spiro atoms. The summed E-state index contributed by atoms with van der Waals surface area (Å²) < 4.78 is 2.54. The van der Waals surface area contributed by atoms with Crippen LogP contribution in [0.3, 0.4) is 0 Å². The van der Waals surface area contributed by atoms with Crippen molar-refractivity contribution in [2.24, 2.45) is 0 Å². The molecule has 0 atom stereocenters. The maximum Gasteiger partial charge on any atom is 0.244 e. The molecule has 0 saturated heterocycles. The Balaban J connectivity index is 0.000000367. The Morgan fingerprint density at radius 3 is 1.81 bits per heavy atom. The van der Waals surface area contributed by atoms with Crippen molar-refractivity contribution in [3.8, 4) is 0 Å². The third-order valence-electron chi connectivity index (χ3n) is 4.26. The van der Waals surface area contributed by atoms with Gasteiger partial charge < -0.3 is 8.41 Å². The van der Waals surface area contributed by atoms with Crippen LogP contribution in [-0.2, 0) is 0 Å². The number of amidine groups is 1. The summed E-state index contributed by atoms with van der Waals surface area (Å²) in [5, 5.41) is 3.50. The molecule has 0 fully saturated rings. The smallest absolute Gasteiger partial charge is 0.244 e. The number of benzene rings is 2. The zero-order chi connectivity index (χ0) is 16.9. The van der Waals surface area contributed by atoms with Crippen LogP contribution in [0.25, 0.3) is 0 Å². The van der Waals surface area contributed by atoms with Crippen molar-refractivity contribution in [1.29, 1.82) is 0 Å². The lowest BCUT2D eigenvalue weighted by molar-refractivity contribution is -0.534. The van der Waals surface area contributed by atoms with Gasteiger partial charge in [-0.15, -0.1) is 0 Å². The number of hydrogen-bond acceptors (Lipinski definition) is 1. The molecule has 2 aliphatic heterocycles. The summed E-state index contributed by atoms with van der Waals surface area (Å²) >= 11 is 0. The highest BCUT2D eigenvalue weighted by atomic mass is 15.1. The number of nitrogens with one attached hydrogen (secondary N) is 1. The molecule has 0 unspecified atom stereocenters. The largest absolute Gasteiger partial charge is 1.00 e. The molecule has 0 aliphatic carbocycles. The van der Waals surface area contributed by atoms with Crippen molar-refractivity contribution in [2.75, 3.05) is 19.6 Å². The summed E-state index contributed by atoms with van der Waals surface area (Å²) in [5.41, 5.74) is 1.32. The predicted octanol–water partition coefficient (Wildman–Crippen LogP) is 4.90. The van der Waals surface area contributed by atoms with E-state index in [1.807, 2.05) is 54.6 Å². The van der Waals surface area contributed by atoms with Crippen molar-refractivity contribution in [3.05, 3.63) is 72.3 Å². The third-order valence-corrected chi connectivity index (χ3v) is 4.26. The first-order chi connectivity index (χ1) is 11.9. The van der Waals surface area contributed by atoms with Gasteiger partial charge >= 0.3 is 0 Å². The highest BCUT2D eigenvalue weighted by molar-refractivity contribution is 5.77. The SMILES string of the molecule is C.C1CCC2=[N+](CC1)CCCN2.Cc1ccccc1.[B-].c1ccccc1. The molecule has 2 heterocycles. The Hall–Kier alpha value is -2.03. The minimum Gasteiger partial charge on any atom is -1.00 e. The zero-order valence-corrected chi connectivity index (χ0v) is 15.5. The molecule has 2 aromatic carbocycles. The Labute approximate surface area is 162 Å². The Bertz CT molecular complexity index is 537. The molecule has 26 heavy (non-hydrogen) atoms. The van der Waals surface area contributed by atoms with Crippen LogP contribution >= 0.6 is 0 Å². The molecular weight excluding hydrogens is 315 g/mol. The molecule has 3 heteroatoms. The molecule has 0 aromatic heterocycles. The van der Waals surface area contributed by atoms with Gasteiger partial charge in [-0.05, 0) is 26.2 Å². The molecule has 4 radical (unpaired) electrons. The second kappa shape index (κ2) is 15.2. The van der Waals surface area contributed by atoms with Gasteiger partial charge in [-0.3, -0.25) is 9.89 Å². The molecule has 140 valence electrons. The van der Waals surface area contributed by atoms with E-state index >= 15 is 0 Å². The summed E-state index contributed by atoms with van der Waals surface area (Å²) in [6.07, 6.45) is 6.81. The number of aryl methyl sites for hydroxylation is 1. The van der Waals surface area contributed by atoms with E-state index in [1.165, 1.54) is 63.1 Å². The molecular formula is C23H35BN2. The first-order valence-corrected chi connectivity index (χ1v) is 9.22. The lowest BCUT2D eigenvalue weighted by Gasteiger charge is -2.14. The van der Waals surface area contributed by atoms with Gasteiger partial charge in [-0.1, -0.05) is 79.7 Å². The van der Waals surface area contributed by atoms with Crippen LogP contribution in [0.2, 0.25) is 0 Å². The lowest BCUT2D eigenvalue weighted by Crippen LogP contribution is -2.40. The van der Waals surface area contributed by atoms with E-state index in [0.717, 1.165) is 0 Å². The van der Waals surface area contributed by atoms with Gasteiger partial charge in [0.1, 0.15) is 0 Å². The van der Waals surface area contributed by atoms with E-state index in [2.05, 4.69) is 28.9 Å². The molecule has 2 nitrogen and oxygen atoms in total. The van der Waals surface area contributed by atoms with Crippen LogP contribution in [-0.4, -0.2) is 38.5 Å². The van der Waals surface area contributed by atoms with Crippen molar-refractivity contribution < 1.29 is 4.58 Å². The second-order valence-corrected chi connectivity index (χ2v) is 6.33. The van der Waals surface area contributed by atoms with Crippen molar-refractivity contribution in [1.82, 2.24) is 5.32 Å². The van der Waals surface area contributed by atoms with Gasteiger partial charge in [-0.2, -0.15) is 0 Å². The van der Waals surface area contributed by atoms with Gasteiger partial charge in [0.25, 0.3) is 0 Å². The fourth-order valence-corrected chi connectivity index (χ4v) is 2.93. The minimum absolute atomic E-state index is 0. The van der Waals surface area contributed by atoms with Crippen molar-refractivity contribution in [2.45, 2.75) is 46.5 Å². The summed E-state index contributed by atoms with van der Waals surface area (Å²) in [5.74, 6) is 1.52. The molecule has 0 saturated carbocycles. The average Bonchev–Trinajstić information content (AvgIpc) is 2.90. The fraction of sp³-hybridized carbons (Fsp3) is 0.435. The summed E-state index contributed by atoms with van der Waals surface area (Å²) in [7, 11) is 0. The first kappa shape index (κ1) is 24.0. The van der Waals surface area contributed by atoms with Gasteiger partial charge in [-0.25, -0.2) is 0 Å². The number of nitrogens with zero attached hydrogens (tertiary/aromatic N) is 1. The predicted molar refractivity (Wildman–Crippen MR) is 116 cm³/mol. The van der Waals surface area contributed by atoms with Crippen LogP contribution in [0.15, 0.2) is 66.7 Å². The average molecular weight is 350 g/mol. The van der Waals surface area contributed by atoms with E-state index < -0.39 is 0 Å². The normalized spacial score (nSPS) is 15.0. The first-order valence-electron chi connectivity index (χ1n) is 9.22. The lowest BCUT2D eigenvalue weighted by atomic mass is 10.2. The van der Waals surface area contributed by atoms with Crippen molar-refractivity contribution in [3.63, 3.8) is 0 Å². The van der Waals surface area contributed by atoms with E-state index in [9.17, 15) is 0 Å².